The summed E-state index contributed by atoms with van der Waals surface area (Å²) in [5.74, 6) is -0.373. The Balaban J connectivity index is 1.70. The van der Waals surface area contributed by atoms with Crippen molar-refractivity contribution in [2.45, 2.75) is 6.92 Å². The van der Waals surface area contributed by atoms with E-state index in [1.807, 2.05) is 24.3 Å². The molecule has 0 aromatic heterocycles. The van der Waals surface area contributed by atoms with E-state index in [4.69, 9.17) is 4.74 Å². The fourth-order valence-corrected chi connectivity index (χ4v) is 2.73. The first-order chi connectivity index (χ1) is 12.0. The molecule has 1 aliphatic rings. The van der Waals surface area contributed by atoms with Crippen LogP contribution in [0, 0.1) is 17.0 Å². The minimum absolute atomic E-state index is 0.0599. The topological polar surface area (TPSA) is 84.7 Å². The number of hydrogen-bond acceptors (Lipinski definition) is 5. The molecule has 1 saturated heterocycles. The van der Waals surface area contributed by atoms with E-state index in [1.165, 1.54) is 6.07 Å². The maximum atomic E-state index is 12.3. The normalized spacial score (nSPS) is 14.2. The van der Waals surface area contributed by atoms with Gasteiger partial charge in [0.15, 0.2) is 0 Å². The number of nitro benzene ring substituents is 1. The van der Waals surface area contributed by atoms with Crippen molar-refractivity contribution in [2.24, 2.45) is 0 Å². The van der Waals surface area contributed by atoms with Crippen molar-refractivity contribution in [3.05, 3.63) is 63.7 Å². The van der Waals surface area contributed by atoms with E-state index in [2.05, 4.69) is 10.2 Å². The Morgan fingerprint density at radius 2 is 1.84 bits per heavy atom. The van der Waals surface area contributed by atoms with E-state index >= 15 is 0 Å². The van der Waals surface area contributed by atoms with Crippen LogP contribution in [0.4, 0.5) is 17.1 Å². The molecule has 1 amide bonds. The lowest BCUT2D eigenvalue weighted by atomic mass is 10.1. The summed E-state index contributed by atoms with van der Waals surface area (Å²) in [7, 11) is 0. The maximum absolute atomic E-state index is 12.3. The molecule has 0 unspecified atom stereocenters. The van der Waals surface area contributed by atoms with E-state index in [1.54, 1.807) is 19.1 Å². The van der Waals surface area contributed by atoms with Crippen LogP contribution in [0.3, 0.4) is 0 Å². The third kappa shape index (κ3) is 3.95. The fourth-order valence-electron chi connectivity index (χ4n) is 2.73. The second-order valence-electron chi connectivity index (χ2n) is 5.86. The van der Waals surface area contributed by atoms with Gasteiger partial charge in [-0.1, -0.05) is 6.07 Å². The van der Waals surface area contributed by atoms with E-state index in [0.29, 0.717) is 24.5 Å². The number of aryl methyl sites for hydroxylation is 1. The predicted molar refractivity (Wildman–Crippen MR) is 95.3 cm³/mol. The Labute approximate surface area is 145 Å². The molecule has 130 valence electrons. The molecule has 3 rings (SSSR count). The minimum Gasteiger partial charge on any atom is -0.378 e. The molecule has 0 aliphatic carbocycles. The lowest BCUT2D eigenvalue weighted by Gasteiger charge is -2.28. The van der Waals surface area contributed by atoms with Crippen molar-refractivity contribution in [3.8, 4) is 0 Å². The number of hydrogen-bond donors (Lipinski definition) is 1. The summed E-state index contributed by atoms with van der Waals surface area (Å²) >= 11 is 0. The van der Waals surface area contributed by atoms with Gasteiger partial charge in [-0.25, -0.2) is 0 Å². The number of ether oxygens (including phenoxy) is 1. The van der Waals surface area contributed by atoms with Gasteiger partial charge in [0.1, 0.15) is 0 Å². The summed E-state index contributed by atoms with van der Waals surface area (Å²) in [6.07, 6.45) is 0. The van der Waals surface area contributed by atoms with Crippen molar-refractivity contribution in [3.63, 3.8) is 0 Å². The first-order valence-electron chi connectivity index (χ1n) is 8.04. The molecule has 0 bridgehead atoms. The number of nitro groups is 1. The third-order valence-corrected chi connectivity index (χ3v) is 4.17. The molecule has 2 aromatic carbocycles. The average Bonchev–Trinajstić information content (AvgIpc) is 2.63. The molecule has 1 fully saturated rings. The fraction of sp³-hybridized carbons (Fsp3) is 0.278. The summed E-state index contributed by atoms with van der Waals surface area (Å²) in [5.41, 5.74) is 2.44. The van der Waals surface area contributed by atoms with E-state index in [0.717, 1.165) is 18.8 Å². The Morgan fingerprint density at radius 1 is 1.16 bits per heavy atom. The summed E-state index contributed by atoms with van der Waals surface area (Å²) in [4.78, 5) is 25.1. The number of morpholine rings is 1. The zero-order chi connectivity index (χ0) is 17.8. The first kappa shape index (κ1) is 16.9. The number of rotatable bonds is 4. The number of nitrogens with zero attached hydrogens (tertiary/aromatic N) is 2. The molecule has 0 saturated carbocycles. The van der Waals surface area contributed by atoms with Crippen LogP contribution in [0.2, 0.25) is 0 Å². The van der Waals surface area contributed by atoms with E-state index in [9.17, 15) is 14.9 Å². The Morgan fingerprint density at radius 3 is 2.48 bits per heavy atom. The Hall–Kier alpha value is -2.93. The van der Waals surface area contributed by atoms with Gasteiger partial charge in [0, 0.05) is 41.7 Å². The summed E-state index contributed by atoms with van der Waals surface area (Å²) in [6, 6.07) is 12.0. The maximum Gasteiger partial charge on any atom is 0.273 e. The smallest absolute Gasteiger partial charge is 0.273 e. The van der Waals surface area contributed by atoms with Gasteiger partial charge >= 0.3 is 0 Å². The average molecular weight is 341 g/mol. The van der Waals surface area contributed by atoms with Crippen LogP contribution in [0.5, 0.6) is 0 Å². The molecule has 7 nitrogen and oxygen atoms in total. The standard InChI is InChI=1S/C18H19N3O4/c1-13-2-3-14(12-17(13)21(23)24)18(22)19-15-4-6-16(7-5-15)20-8-10-25-11-9-20/h2-7,12H,8-11H2,1H3,(H,19,22). The molecule has 7 heteroatoms. The van der Waals surface area contributed by atoms with Gasteiger partial charge in [-0.3, -0.25) is 14.9 Å². The van der Waals surface area contributed by atoms with Gasteiger partial charge in [-0.05, 0) is 37.3 Å². The van der Waals surface area contributed by atoms with Gasteiger partial charge in [-0.2, -0.15) is 0 Å². The van der Waals surface area contributed by atoms with Crippen molar-refractivity contribution < 1.29 is 14.5 Å². The molecule has 0 spiro atoms. The molecular weight excluding hydrogens is 322 g/mol. The highest BCUT2D eigenvalue weighted by Gasteiger charge is 2.15. The highest BCUT2D eigenvalue weighted by atomic mass is 16.6. The summed E-state index contributed by atoms with van der Waals surface area (Å²) in [5, 5.41) is 13.8. The molecular formula is C18H19N3O4. The molecule has 1 heterocycles. The van der Waals surface area contributed by atoms with Crippen LogP contribution in [-0.4, -0.2) is 37.1 Å². The van der Waals surface area contributed by atoms with Crippen molar-refractivity contribution in [2.75, 3.05) is 36.5 Å². The van der Waals surface area contributed by atoms with Crippen molar-refractivity contribution in [1.29, 1.82) is 0 Å². The summed E-state index contributed by atoms with van der Waals surface area (Å²) < 4.78 is 5.33. The van der Waals surface area contributed by atoms with Gasteiger partial charge in [0.2, 0.25) is 0 Å². The van der Waals surface area contributed by atoms with Crippen LogP contribution < -0.4 is 10.2 Å². The van der Waals surface area contributed by atoms with E-state index < -0.39 is 4.92 Å². The quantitative estimate of drug-likeness (QED) is 0.682. The number of benzene rings is 2. The molecule has 0 radical (unpaired) electrons. The third-order valence-electron chi connectivity index (χ3n) is 4.17. The van der Waals surface area contributed by atoms with E-state index in [-0.39, 0.29) is 17.2 Å². The molecule has 1 aliphatic heterocycles. The second kappa shape index (κ2) is 7.31. The van der Waals surface area contributed by atoms with Crippen molar-refractivity contribution in [1.82, 2.24) is 0 Å². The van der Waals surface area contributed by atoms with Crippen LogP contribution in [-0.2, 0) is 4.74 Å². The lowest BCUT2D eigenvalue weighted by molar-refractivity contribution is -0.385. The highest BCUT2D eigenvalue weighted by molar-refractivity contribution is 6.04. The molecule has 2 aromatic rings. The predicted octanol–water partition coefficient (Wildman–Crippen LogP) is 2.99. The zero-order valence-corrected chi connectivity index (χ0v) is 13.9. The largest absolute Gasteiger partial charge is 0.378 e. The molecule has 25 heavy (non-hydrogen) atoms. The first-order valence-corrected chi connectivity index (χ1v) is 8.04. The number of nitrogens with one attached hydrogen (secondary N) is 1. The Kier molecular flexibility index (Phi) is 4.95. The number of amides is 1. The second-order valence-corrected chi connectivity index (χ2v) is 5.86. The number of carbonyl (C=O) groups excluding carboxylic acids is 1. The minimum atomic E-state index is -0.483. The van der Waals surface area contributed by atoms with Gasteiger partial charge in [0.05, 0.1) is 18.1 Å². The number of carbonyl (C=O) groups is 1. The molecule has 1 N–H and O–H groups in total. The monoisotopic (exact) mass is 341 g/mol. The van der Waals surface area contributed by atoms with Gasteiger partial charge in [0.25, 0.3) is 11.6 Å². The van der Waals surface area contributed by atoms with Crippen molar-refractivity contribution >= 4 is 23.0 Å². The van der Waals surface area contributed by atoms with Crippen LogP contribution >= 0.6 is 0 Å². The zero-order valence-electron chi connectivity index (χ0n) is 13.9. The summed E-state index contributed by atoms with van der Waals surface area (Å²) in [6.45, 7) is 4.76. The lowest BCUT2D eigenvalue weighted by Crippen LogP contribution is -2.36. The van der Waals surface area contributed by atoms with Crippen LogP contribution in [0.1, 0.15) is 15.9 Å². The SMILES string of the molecule is Cc1ccc(C(=O)Nc2ccc(N3CCOCC3)cc2)cc1[N+](=O)[O-]. The number of anilines is 2. The highest BCUT2D eigenvalue weighted by Crippen LogP contribution is 2.22. The Bertz CT molecular complexity index is 783. The van der Waals surface area contributed by atoms with Gasteiger partial charge in [-0.15, -0.1) is 0 Å². The van der Waals surface area contributed by atoms with Crippen LogP contribution in [0.25, 0.3) is 0 Å². The van der Waals surface area contributed by atoms with Gasteiger partial charge < -0.3 is 15.0 Å². The molecule has 0 atom stereocenters. The van der Waals surface area contributed by atoms with Crippen LogP contribution in [0.15, 0.2) is 42.5 Å².